The lowest BCUT2D eigenvalue weighted by Crippen LogP contribution is -2.14. The first-order chi connectivity index (χ1) is 7.88. The summed E-state index contributed by atoms with van der Waals surface area (Å²) in [6.07, 6.45) is -2.92. The number of nitrogen functional groups attached to an aromatic ring is 1. The van der Waals surface area contributed by atoms with E-state index in [0.29, 0.717) is 5.69 Å². The number of hydrogen-bond donors (Lipinski definition) is 1. The summed E-state index contributed by atoms with van der Waals surface area (Å²) in [4.78, 5) is 3.56. The molecule has 0 fully saturated rings. The zero-order valence-corrected chi connectivity index (χ0v) is 11.3. The number of anilines is 2. The van der Waals surface area contributed by atoms with Crippen molar-refractivity contribution in [1.82, 2.24) is 0 Å². The average Bonchev–Trinajstić information content (AvgIpc) is 2.23. The maximum absolute atomic E-state index is 12.6. The number of hydrogen-bond acceptors (Lipinski definition) is 2. The monoisotopic (exact) mass is 356 g/mol. The van der Waals surface area contributed by atoms with Crippen LogP contribution in [-0.2, 0) is 6.18 Å². The van der Waals surface area contributed by atoms with Crippen LogP contribution in [0.2, 0.25) is 0 Å². The maximum Gasteiger partial charge on any atom is 0.416 e. The summed E-state index contributed by atoms with van der Waals surface area (Å²) in [5.74, 6) is 0. The van der Waals surface area contributed by atoms with Gasteiger partial charge in [0.25, 0.3) is 0 Å². The minimum absolute atomic E-state index is 0.0874. The lowest BCUT2D eigenvalue weighted by molar-refractivity contribution is -0.137. The number of benzene rings is 1. The Morgan fingerprint density at radius 1 is 1.35 bits per heavy atom. The van der Waals surface area contributed by atoms with E-state index in [0.717, 1.165) is 12.1 Å². The minimum Gasteiger partial charge on any atom is -0.399 e. The lowest BCUT2D eigenvalue weighted by Gasteiger charge is -2.17. The van der Waals surface area contributed by atoms with Gasteiger partial charge in [0, 0.05) is 21.7 Å². The molecule has 0 amide bonds. The average molecular weight is 356 g/mol. The van der Waals surface area contributed by atoms with Crippen LogP contribution in [0.4, 0.5) is 24.5 Å². The summed E-state index contributed by atoms with van der Waals surface area (Å²) in [7, 11) is 0. The Morgan fingerprint density at radius 3 is 2.47 bits per heavy atom. The van der Waals surface area contributed by atoms with Crippen molar-refractivity contribution in [1.29, 1.82) is 0 Å². The van der Waals surface area contributed by atoms with Gasteiger partial charge in [0.05, 0.1) is 5.56 Å². The van der Waals surface area contributed by atoms with E-state index >= 15 is 0 Å². The van der Waals surface area contributed by atoms with E-state index < -0.39 is 11.7 Å². The van der Waals surface area contributed by atoms with Crippen LogP contribution < -0.4 is 10.6 Å². The smallest absolute Gasteiger partial charge is 0.399 e. The van der Waals surface area contributed by atoms with Gasteiger partial charge in [0.1, 0.15) is 0 Å². The van der Waals surface area contributed by atoms with Gasteiger partial charge in [-0.25, -0.2) is 0 Å². The summed E-state index contributed by atoms with van der Waals surface area (Å²) in [6.45, 7) is 3.57. The summed E-state index contributed by atoms with van der Waals surface area (Å²) in [5, 5.41) is 0. The Morgan fingerprint density at radius 2 is 2.00 bits per heavy atom. The second-order valence-corrected chi connectivity index (χ2v) is 5.02. The molecule has 0 bridgehead atoms. The van der Waals surface area contributed by atoms with Crippen LogP contribution in [0.3, 0.4) is 0 Å². The topological polar surface area (TPSA) is 29.3 Å². The second-order valence-electron chi connectivity index (χ2n) is 3.22. The van der Waals surface area contributed by atoms with Gasteiger partial charge >= 0.3 is 6.18 Å². The van der Waals surface area contributed by atoms with E-state index in [-0.39, 0.29) is 26.4 Å². The van der Waals surface area contributed by atoms with Crippen LogP contribution in [-0.4, -0.2) is 9.07 Å². The molecule has 0 spiro atoms. The summed E-state index contributed by atoms with van der Waals surface area (Å²) >= 11 is -0.206. The Balaban J connectivity index is 3.26. The van der Waals surface area contributed by atoms with E-state index in [2.05, 4.69) is 6.58 Å². The molecule has 0 heterocycles. The fraction of sp³-hybridized carbons (Fsp3) is 0.182. The molecule has 1 aromatic carbocycles. The van der Waals surface area contributed by atoms with Crippen LogP contribution in [0.25, 0.3) is 0 Å². The zero-order chi connectivity index (χ0) is 13.1. The molecule has 0 aliphatic heterocycles. The van der Waals surface area contributed by atoms with Crippen molar-refractivity contribution in [2.24, 2.45) is 0 Å². The third-order valence-electron chi connectivity index (χ3n) is 1.96. The number of rotatable bonds is 3. The summed E-state index contributed by atoms with van der Waals surface area (Å²) in [6, 6.07) is 3.48. The van der Waals surface area contributed by atoms with Crippen molar-refractivity contribution in [2.45, 2.75) is 6.18 Å². The fourth-order valence-electron chi connectivity index (χ4n) is 1.25. The van der Waals surface area contributed by atoms with Gasteiger partial charge in [-0.05, 0) is 23.1 Å². The predicted octanol–water partition coefficient (Wildman–Crippen LogP) is 3.60. The molecule has 0 aromatic heterocycles. The third kappa shape index (κ3) is 3.72. The lowest BCUT2D eigenvalue weighted by atomic mass is 10.1. The predicted molar refractivity (Wildman–Crippen MR) is 74.5 cm³/mol. The van der Waals surface area contributed by atoms with Gasteiger partial charge in [-0.2, -0.15) is 13.2 Å². The highest BCUT2D eigenvalue weighted by Crippen LogP contribution is 2.33. The van der Waals surface area contributed by atoms with Crippen molar-refractivity contribution in [3.05, 3.63) is 36.5 Å². The van der Waals surface area contributed by atoms with Gasteiger partial charge < -0.3 is 10.6 Å². The normalized spacial score (nSPS) is 12.2. The Hall–Kier alpha value is -1.05. The van der Waals surface area contributed by atoms with Crippen LogP contribution in [0, 0.1) is 0 Å². The van der Waals surface area contributed by atoms with Crippen LogP contribution in [0.5, 0.6) is 0 Å². The molecule has 0 unspecified atom stereocenters. The molecular formula is C11H12F3IN2. The Kier molecular flexibility index (Phi) is 4.55. The Labute approximate surface area is 108 Å². The number of halogens is 4. The molecule has 94 valence electrons. The molecule has 0 atom stereocenters. The summed E-state index contributed by atoms with van der Waals surface area (Å²) in [5.41, 5.74) is 5.20. The molecule has 1 rings (SSSR count). The molecule has 0 aliphatic carbocycles. The highest BCUT2D eigenvalue weighted by atomic mass is 127. The molecule has 6 heteroatoms. The van der Waals surface area contributed by atoms with Crippen molar-refractivity contribution < 1.29 is 13.2 Å². The number of nitrogens with two attached hydrogens (primary N) is 1. The fourth-order valence-corrected chi connectivity index (χ4v) is 2.40. The highest BCUT2D eigenvalue weighted by molar-refractivity contribution is 14.2. The summed E-state index contributed by atoms with van der Waals surface area (Å²) < 4.78 is 39.6. The number of nitrogens with zero attached hydrogens (tertiary/aromatic N) is 1. The van der Waals surface area contributed by atoms with E-state index in [1.165, 1.54) is 12.3 Å². The van der Waals surface area contributed by atoms with Crippen molar-refractivity contribution >= 4 is 36.2 Å². The molecule has 0 saturated heterocycles. The van der Waals surface area contributed by atoms with Crippen molar-refractivity contribution in [2.75, 3.05) is 15.6 Å². The van der Waals surface area contributed by atoms with Crippen LogP contribution in [0.15, 0.2) is 31.0 Å². The van der Waals surface area contributed by atoms with Gasteiger partial charge in [0.2, 0.25) is 0 Å². The van der Waals surface area contributed by atoms with Gasteiger partial charge in [0.15, 0.2) is 0 Å². The van der Waals surface area contributed by atoms with E-state index in [1.807, 2.05) is 9.07 Å². The van der Waals surface area contributed by atoms with Crippen molar-refractivity contribution in [3.8, 4) is 0 Å². The first-order valence-electron chi connectivity index (χ1n) is 4.58. The van der Waals surface area contributed by atoms with Crippen LogP contribution in [0.1, 0.15) is 5.56 Å². The highest BCUT2D eigenvalue weighted by Gasteiger charge is 2.31. The first kappa shape index (κ1) is 14.0. The molecule has 2 nitrogen and oxygen atoms in total. The van der Waals surface area contributed by atoms with E-state index in [9.17, 15) is 13.2 Å². The quantitative estimate of drug-likeness (QED) is 0.510. The largest absolute Gasteiger partial charge is 0.416 e. The Bertz CT molecular complexity index is 441. The third-order valence-corrected chi connectivity index (χ3v) is 3.12. The molecular weight excluding hydrogens is 344 g/mol. The first-order valence-corrected chi connectivity index (χ1v) is 7.99. The molecule has 0 saturated carbocycles. The number of alkyl halides is 4. The second kappa shape index (κ2) is 5.52. The molecule has 17 heavy (non-hydrogen) atoms. The SMILES string of the molecule is C=CN(C=IC)c1cc(N)cc(C(F)(F)F)c1. The standard InChI is InChI=1S/C11H12F3IN2/c1-3-17(7-15-2)10-5-8(11(12,13)14)4-9(16)6-10/h3-7H,1,16H2,2H3. The molecule has 2 N–H and O–H groups in total. The minimum atomic E-state index is -4.39. The van der Waals surface area contributed by atoms with E-state index in [1.54, 1.807) is 4.90 Å². The molecule has 0 aliphatic rings. The van der Waals surface area contributed by atoms with Gasteiger partial charge in [-0.15, -0.1) is 20.7 Å². The molecule has 1 aromatic rings. The zero-order valence-electron chi connectivity index (χ0n) is 9.13. The van der Waals surface area contributed by atoms with Crippen molar-refractivity contribution in [3.63, 3.8) is 0 Å². The van der Waals surface area contributed by atoms with Crippen LogP contribution >= 0.6 is 20.7 Å². The van der Waals surface area contributed by atoms with Gasteiger partial charge in [-0.1, -0.05) is 6.58 Å². The maximum atomic E-state index is 12.6. The molecule has 0 radical (unpaired) electrons. The van der Waals surface area contributed by atoms with E-state index in [4.69, 9.17) is 5.73 Å². The van der Waals surface area contributed by atoms with Gasteiger partial charge in [-0.3, -0.25) is 0 Å².